The number of rotatable bonds is 29. The smallest absolute Gasteiger partial charge is 0.264 e. The van der Waals surface area contributed by atoms with Crippen LogP contribution in [0.3, 0.4) is 0 Å². The van der Waals surface area contributed by atoms with Gasteiger partial charge in [0, 0.05) is 51.3 Å². The molecule has 5 amide bonds. The van der Waals surface area contributed by atoms with E-state index in [1.165, 1.54) is 43.0 Å². The van der Waals surface area contributed by atoms with Crippen LogP contribution in [0.1, 0.15) is 75.2 Å². The van der Waals surface area contributed by atoms with E-state index in [-0.39, 0.29) is 49.5 Å². The van der Waals surface area contributed by atoms with Crippen LogP contribution in [0.15, 0.2) is 42.5 Å². The van der Waals surface area contributed by atoms with E-state index >= 15 is 0 Å². The van der Waals surface area contributed by atoms with Crippen molar-refractivity contribution in [3.63, 3.8) is 0 Å². The molecule has 17 heteroatoms. The first-order valence-corrected chi connectivity index (χ1v) is 20.9. The van der Waals surface area contributed by atoms with Crippen molar-refractivity contribution < 1.29 is 57.2 Å². The molecule has 0 saturated carbocycles. The van der Waals surface area contributed by atoms with E-state index in [9.17, 15) is 28.8 Å². The molecule has 1 unspecified atom stereocenters. The molecule has 2 saturated heterocycles. The van der Waals surface area contributed by atoms with Crippen LogP contribution in [0.25, 0.3) is 0 Å². The zero-order valence-electron chi connectivity index (χ0n) is 34.4. The molecule has 2 aromatic carbocycles. The van der Waals surface area contributed by atoms with Crippen LogP contribution in [0.5, 0.6) is 0 Å². The molecule has 3 heterocycles. The summed E-state index contributed by atoms with van der Waals surface area (Å²) in [5.41, 5.74) is 2.17. The normalized spacial score (nSPS) is 17.3. The summed E-state index contributed by atoms with van der Waals surface area (Å²) in [4.78, 5) is 79.2. The second kappa shape index (κ2) is 26.0. The number of benzene rings is 2. The lowest BCUT2D eigenvalue weighted by atomic mass is 10.0. The average Bonchev–Trinajstić information content (AvgIpc) is 3.50. The van der Waals surface area contributed by atoms with E-state index in [1.807, 2.05) is 24.3 Å². The molecule has 328 valence electrons. The molecule has 2 N–H and O–H groups in total. The van der Waals surface area contributed by atoms with Crippen LogP contribution in [0.2, 0.25) is 0 Å². The van der Waals surface area contributed by atoms with Gasteiger partial charge < -0.3 is 38.6 Å². The number of imide groups is 2. The van der Waals surface area contributed by atoms with Gasteiger partial charge in [-0.15, -0.1) is 0 Å². The maximum absolute atomic E-state index is 13.2. The fourth-order valence-electron chi connectivity index (χ4n) is 7.09. The Hall–Kier alpha value is -4.46. The Morgan fingerprint density at radius 3 is 1.88 bits per heavy atom. The first-order valence-electron chi connectivity index (χ1n) is 20.9. The van der Waals surface area contributed by atoms with Gasteiger partial charge in [-0.05, 0) is 43.5 Å². The molecule has 5 rings (SSSR count). The summed E-state index contributed by atoms with van der Waals surface area (Å²) in [6, 6.07) is 11.2. The Balaban J connectivity index is 0.749. The summed E-state index contributed by atoms with van der Waals surface area (Å²) in [6.07, 6.45) is 5.59. The number of fused-ring (bicyclic) bond motifs is 1. The largest absolute Gasteiger partial charge is 0.379 e. The number of ether oxygens (including phenoxy) is 6. The third kappa shape index (κ3) is 15.2. The van der Waals surface area contributed by atoms with Crippen LogP contribution < -0.4 is 10.6 Å². The molecule has 60 heavy (non-hydrogen) atoms. The van der Waals surface area contributed by atoms with Crippen LogP contribution in [0.4, 0.5) is 5.69 Å². The van der Waals surface area contributed by atoms with Gasteiger partial charge in [-0.1, -0.05) is 43.2 Å². The number of piperidine rings is 1. The Labute approximate surface area is 351 Å². The topological polar surface area (TPSA) is 192 Å². The molecule has 3 aliphatic heterocycles. The number of hydrogen-bond donors (Lipinski definition) is 2. The Morgan fingerprint density at radius 1 is 0.683 bits per heavy atom. The number of carbonyl (C=O) groups is 6. The number of hydrogen-bond acceptors (Lipinski definition) is 14. The maximum atomic E-state index is 13.2. The number of anilines is 1. The predicted octanol–water partition coefficient (Wildman–Crippen LogP) is 2.32. The SMILES string of the molecule is O=Cc1ccc(CN2CCN(CCCCCCOCCOCCOCCOCCOCCOCC(=O)Nc3cccc4c3C(=O)N(C3CCC(=O)NC3=O)C4=O)CC2)cc1. The highest BCUT2D eigenvalue weighted by Gasteiger charge is 2.45. The van der Waals surface area contributed by atoms with Crippen LogP contribution in [-0.2, 0) is 49.3 Å². The van der Waals surface area contributed by atoms with Gasteiger partial charge in [-0.3, -0.25) is 43.9 Å². The van der Waals surface area contributed by atoms with E-state index in [0.717, 1.165) is 69.0 Å². The van der Waals surface area contributed by atoms with Gasteiger partial charge in [0.25, 0.3) is 11.8 Å². The molecule has 0 aromatic heterocycles. The van der Waals surface area contributed by atoms with E-state index in [0.29, 0.717) is 52.9 Å². The van der Waals surface area contributed by atoms with Crippen molar-refractivity contribution in [1.29, 1.82) is 0 Å². The highest BCUT2D eigenvalue weighted by Crippen LogP contribution is 2.32. The Bertz CT molecular complexity index is 1700. The average molecular weight is 838 g/mol. The van der Waals surface area contributed by atoms with Gasteiger partial charge in [-0.25, -0.2) is 0 Å². The summed E-state index contributed by atoms with van der Waals surface area (Å²) < 4.78 is 33.1. The molecule has 17 nitrogen and oxygen atoms in total. The minimum atomic E-state index is -1.10. The highest BCUT2D eigenvalue weighted by atomic mass is 16.6. The summed E-state index contributed by atoms with van der Waals surface area (Å²) in [5.74, 6) is -3.06. The van der Waals surface area contributed by atoms with Crippen molar-refractivity contribution in [2.24, 2.45) is 0 Å². The molecule has 2 fully saturated rings. The van der Waals surface area contributed by atoms with Crippen molar-refractivity contribution in [3.8, 4) is 0 Å². The molecule has 3 aliphatic rings. The maximum Gasteiger partial charge on any atom is 0.264 e. The van der Waals surface area contributed by atoms with Crippen molar-refractivity contribution in [2.45, 2.75) is 51.1 Å². The molecular formula is C43H59N5O12. The first-order chi connectivity index (χ1) is 29.3. The lowest BCUT2D eigenvalue weighted by Crippen LogP contribution is -2.54. The monoisotopic (exact) mass is 837 g/mol. The third-order valence-corrected chi connectivity index (χ3v) is 10.3. The van der Waals surface area contributed by atoms with Gasteiger partial charge in [0.1, 0.15) is 18.9 Å². The van der Waals surface area contributed by atoms with E-state index in [4.69, 9.17) is 28.4 Å². The summed E-state index contributed by atoms with van der Waals surface area (Å²) in [5, 5.41) is 4.76. The second-order valence-corrected chi connectivity index (χ2v) is 14.7. The van der Waals surface area contributed by atoms with Crippen molar-refractivity contribution >= 4 is 41.5 Å². The zero-order valence-corrected chi connectivity index (χ0v) is 34.4. The van der Waals surface area contributed by atoms with Gasteiger partial charge in [-0.2, -0.15) is 0 Å². The summed E-state index contributed by atoms with van der Waals surface area (Å²) in [6.45, 7) is 10.9. The Kier molecular flexibility index (Phi) is 20.2. The zero-order chi connectivity index (χ0) is 42.4. The van der Waals surface area contributed by atoms with Crippen molar-refractivity contribution in [1.82, 2.24) is 20.0 Å². The predicted molar refractivity (Wildman–Crippen MR) is 219 cm³/mol. The number of amides is 5. The van der Waals surface area contributed by atoms with Crippen LogP contribution >= 0.6 is 0 Å². The number of nitrogens with one attached hydrogen (secondary N) is 2. The molecule has 0 bridgehead atoms. The molecule has 0 spiro atoms. The van der Waals surface area contributed by atoms with E-state index < -0.39 is 35.6 Å². The molecule has 0 radical (unpaired) electrons. The standard InChI is InChI=1S/C43H59N5O12/c49-31-34-10-8-33(9-11-34)30-47-17-15-46(16-18-47)14-3-1-2-4-19-55-20-21-56-22-23-57-24-25-58-26-27-59-28-29-60-32-39(51)44-36-7-5-6-35-40(36)43(54)48(42(35)53)37-12-13-38(50)45-41(37)52/h5-11,31,37H,1-4,12-30,32H2,(H,44,51)(H,45,50,52). The summed E-state index contributed by atoms with van der Waals surface area (Å²) in [7, 11) is 0. The van der Waals surface area contributed by atoms with Crippen molar-refractivity contribution in [3.05, 3.63) is 64.7 Å². The van der Waals surface area contributed by atoms with E-state index in [2.05, 4.69) is 20.4 Å². The second-order valence-electron chi connectivity index (χ2n) is 14.7. The minimum Gasteiger partial charge on any atom is -0.379 e. The van der Waals surface area contributed by atoms with Gasteiger partial charge in [0.2, 0.25) is 17.7 Å². The fraction of sp³-hybridized carbons (Fsp3) is 0.581. The fourth-order valence-corrected chi connectivity index (χ4v) is 7.09. The summed E-state index contributed by atoms with van der Waals surface area (Å²) >= 11 is 0. The van der Waals surface area contributed by atoms with Gasteiger partial charge >= 0.3 is 0 Å². The number of nitrogens with zero attached hydrogens (tertiary/aromatic N) is 3. The number of carbonyl (C=O) groups excluding carboxylic acids is 6. The molecular weight excluding hydrogens is 778 g/mol. The van der Waals surface area contributed by atoms with Crippen LogP contribution in [-0.4, -0.2) is 169 Å². The quantitative estimate of drug-likeness (QED) is 0.0690. The van der Waals surface area contributed by atoms with Crippen LogP contribution in [0, 0.1) is 0 Å². The van der Waals surface area contributed by atoms with E-state index in [1.54, 1.807) is 0 Å². The molecule has 2 aromatic rings. The third-order valence-electron chi connectivity index (χ3n) is 10.3. The lowest BCUT2D eigenvalue weighted by molar-refractivity contribution is -0.136. The van der Waals surface area contributed by atoms with Crippen molar-refractivity contribution in [2.75, 3.05) is 117 Å². The minimum absolute atomic E-state index is 0.00744. The number of unbranched alkanes of at least 4 members (excludes halogenated alkanes) is 3. The lowest BCUT2D eigenvalue weighted by Gasteiger charge is -2.34. The van der Waals surface area contributed by atoms with Gasteiger partial charge in [0.05, 0.1) is 82.9 Å². The highest BCUT2D eigenvalue weighted by molar-refractivity contribution is 6.26. The first kappa shape index (κ1) is 46.6. The Morgan fingerprint density at radius 2 is 1.27 bits per heavy atom. The number of aldehydes is 1. The van der Waals surface area contributed by atoms with Gasteiger partial charge in [0.15, 0.2) is 0 Å². The molecule has 1 atom stereocenters. The number of piperazine rings is 1. The molecule has 0 aliphatic carbocycles.